The molecule has 0 radical (unpaired) electrons. The average Bonchev–Trinajstić information content (AvgIpc) is 2.59. The van der Waals surface area contributed by atoms with Crippen LogP contribution in [0.25, 0.3) is 0 Å². The molecule has 0 aliphatic carbocycles. The van der Waals surface area contributed by atoms with Crippen LogP contribution in [0.5, 0.6) is 0 Å². The number of aryl methyl sites for hydroxylation is 2. The second kappa shape index (κ2) is 8.16. The van der Waals surface area contributed by atoms with Gasteiger partial charge >= 0.3 is 0 Å². The predicted molar refractivity (Wildman–Crippen MR) is 104 cm³/mol. The summed E-state index contributed by atoms with van der Waals surface area (Å²) < 4.78 is 24.6. The van der Waals surface area contributed by atoms with Crippen LogP contribution in [-0.2, 0) is 10.0 Å². The minimum Gasteiger partial charge on any atom is -0.372 e. The minimum atomic E-state index is -3.66. The molecule has 0 fully saturated rings. The molecule has 0 aliphatic heterocycles. The lowest BCUT2D eigenvalue weighted by atomic mass is 10.1. The summed E-state index contributed by atoms with van der Waals surface area (Å²) in [6.07, 6.45) is 1.50. The highest BCUT2D eigenvalue weighted by Crippen LogP contribution is 2.15. The molecule has 0 atom stereocenters. The first-order chi connectivity index (χ1) is 11.9. The summed E-state index contributed by atoms with van der Waals surface area (Å²) in [5.41, 5.74) is 3.95. The zero-order valence-corrected chi connectivity index (χ0v) is 16.0. The molecule has 0 aliphatic rings. The smallest absolute Gasteiger partial charge is 0.276 e. The van der Waals surface area contributed by atoms with Gasteiger partial charge in [0.25, 0.3) is 10.0 Å². The third kappa shape index (κ3) is 4.82. The Balaban J connectivity index is 2.08. The summed E-state index contributed by atoms with van der Waals surface area (Å²) in [5.74, 6) is 0. The van der Waals surface area contributed by atoms with Crippen molar-refractivity contribution in [3.05, 3.63) is 59.2 Å². The van der Waals surface area contributed by atoms with E-state index >= 15 is 0 Å². The van der Waals surface area contributed by atoms with Gasteiger partial charge in [0.2, 0.25) is 0 Å². The van der Waals surface area contributed by atoms with Gasteiger partial charge in [-0.25, -0.2) is 4.83 Å². The topological polar surface area (TPSA) is 61.8 Å². The van der Waals surface area contributed by atoms with Gasteiger partial charge in [0, 0.05) is 18.8 Å². The van der Waals surface area contributed by atoms with Gasteiger partial charge in [0.15, 0.2) is 0 Å². The summed E-state index contributed by atoms with van der Waals surface area (Å²) in [6, 6.07) is 12.9. The Labute approximate surface area is 150 Å². The van der Waals surface area contributed by atoms with E-state index in [1.54, 1.807) is 18.2 Å². The first-order valence-electron chi connectivity index (χ1n) is 8.34. The molecule has 0 saturated heterocycles. The molecule has 0 aromatic heterocycles. The first kappa shape index (κ1) is 19.0. The van der Waals surface area contributed by atoms with Crippen LogP contribution in [0.3, 0.4) is 0 Å². The van der Waals surface area contributed by atoms with Crippen LogP contribution in [0.4, 0.5) is 5.69 Å². The van der Waals surface area contributed by atoms with Crippen molar-refractivity contribution in [2.75, 3.05) is 18.0 Å². The lowest BCUT2D eigenvalue weighted by molar-refractivity contribution is 0.584. The summed E-state index contributed by atoms with van der Waals surface area (Å²) in [4.78, 5) is 4.71. The van der Waals surface area contributed by atoms with Gasteiger partial charge in [0.05, 0.1) is 11.1 Å². The molecule has 0 heterocycles. The van der Waals surface area contributed by atoms with Crippen LogP contribution in [0, 0.1) is 13.8 Å². The molecule has 0 unspecified atom stereocenters. The van der Waals surface area contributed by atoms with Crippen LogP contribution in [0.1, 0.15) is 30.5 Å². The molecular weight excluding hydrogens is 334 g/mol. The minimum absolute atomic E-state index is 0.213. The van der Waals surface area contributed by atoms with Crippen molar-refractivity contribution < 1.29 is 8.42 Å². The van der Waals surface area contributed by atoms with Gasteiger partial charge < -0.3 is 4.90 Å². The largest absolute Gasteiger partial charge is 0.372 e. The monoisotopic (exact) mass is 359 g/mol. The van der Waals surface area contributed by atoms with Crippen LogP contribution in [0.2, 0.25) is 0 Å². The number of anilines is 1. The van der Waals surface area contributed by atoms with Crippen LogP contribution in [0.15, 0.2) is 52.5 Å². The van der Waals surface area contributed by atoms with E-state index in [9.17, 15) is 8.42 Å². The Hall–Kier alpha value is -2.34. The molecule has 1 N–H and O–H groups in total. The highest BCUT2D eigenvalue weighted by Gasteiger charge is 2.13. The van der Waals surface area contributed by atoms with Crippen molar-refractivity contribution in [3.8, 4) is 0 Å². The van der Waals surface area contributed by atoms with Gasteiger partial charge in [-0.15, -0.1) is 0 Å². The summed E-state index contributed by atoms with van der Waals surface area (Å²) in [6.45, 7) is 9.94. The van der Waals surface area contributed by atoms with E-state index < -0.39 is 10.0 Å². The van der Waals surface area contributed by atoms with Crippen molar-refractivity contribution in [2.24, 2.45) is 5.10 Å². The number of nitrogens with one attached hydrogen (secondary N) is 1. The zero-order chi connectivity index (χ0) is 18.4. The van der Waals surface area contributed by atoms with Gasteiger partial charge in [-0.3, -0.25) is 0 Å². The van der Waals surface area contributed by atoms with Crippen LogP contribution < -0.4 is 9.73 Å². The van der Waals surface area contributed by atoms with Crippen molar-refractivity contribution in [1.29, 1.82) is 0 Å². The Morgan fingerprint density at radius 1 is 1.00 bits per heavy atom. The van der Waals surface area contributed by atoms with E-state index in [1.165, 1.54) is 6.21 Å². The normalized spacial score (nSPS) is 11.7. The van der Waals surface area contributed by atoms with E-state index in [1.807, 2.05) is 38.1 Å². The molecule has 0 spiro atoms. The maximum Gasteiger partial charge on any atom is 0.276 e. The SMILES string of the molecule is CCN(CC)c1ccc(/C=N/NS(=O)(=O)c2ccc(C)c(C)c2)cc1. The fourth-order valence-electron chi connectivity index (χ4n) is 2.46. The van der Waals surface area contributed by atoms with Gasteiger partial charge in [-0.05, 0) is 68.7 Å². The predicted octanol–water partition coefficient (Wildman–Crippen LogP) is 3.46. The van der Waals surface area contributed by atoms with Crippen LogP contribution >= 0.6 is 0 Å². The van der Waals surface area contributed by atoms with Crippen molar-refractivity contribution in [2.45, 2.75) is 32.6 Å². The fourth-order valence-corrected chi connectivity index (χ4v) is 3.34. The lowest BCUT2D eigenvalue weighted by Crippen LogP contribution is -2.21. The molecule has 5 nitrogen and oxygen atoms in total. The Bertz CT molecular complexity index is 839. The van der Waals surface area contributed by atoms with Gasteiger partial charge in [-0.2, -0.15) is 13.5 Å². The number of hydrazone groups is 1. The summed E-state index contributed by atoms with van der Waals surface area (Å²) in [7, 11) is -3.66. The first-order valence-corrected chi connectivity index (χ1v) is 9.82. The van der Waals surface area contributed by atoms with Crippen molar-refractivity contribution >= 4 is 21.9 Å². The highest BCUT2D eigenvalue weighted by molar-refractivity contribution is 7.89. The highest BCUT2D eigenvalue weighted by atomic mass is 32.2. The molecule has 134 valence electrons. The maximum absolute atomic E-state index is 12.3. The zero-order valence-electron chi connectivity index (χ0n) is 15.2. The second-order valence-electron chi connectivity index (χ2n) is 5.86. The lowest BCUT2D eigenvalue weighted by Gasteiger charge is -2.20. The standard InChI is InChI=1S/C19H25N3O2S/c1-5-22(6-2)18-10-8-17(9-11-18)14-20-21-25(23,24)19-12-7-15(3)16(4)13-19/h7-14,21H,5-6H2,1-4H3/b20-14+. The number of rotatable bonds is 7. The van der Waals surface area contributed by atoms with E-state index in [4.69, 9.17) is 0 Å². The van der Waals surface area contributed by atoms with E-state index in [2.05, 4.69) is 28.7 Å². The molecule has 2 rings (SSSR count). The second-order valence-corrected chi connectivity index (χ2v) is 7.52. The molecule has 2 aromatic carbocycles. The molecule has 6 heteroatoms. The van der Waals surface area contributed by atoms with E-state index in [0.717, 1.165) is 35.5 Å². The number of benzene rings is 2. The van der Waals surface area contributed by atoms with Crippen molar-refractivity contribution in [1.82, 2.24) is 4.83 Å². The maximum atomic E-state index is 12.3. The Morgan fingerprint density at radius 2 is 1.64 bits per heavy atom. The average molecular weight is 359 g/mol. The Kier molecular flexibility index (Phi) is 6.20. The molecule has 0 saturated carbocycles. The van der Waals surface area contributed by atoms with E-state index in [-0.39, 0.29) is 4.90 Å². The van der Waals surface area contributed by atoms with Gasteiger partial charge in [-0.1, -0.05) is 18.2 Å². The number of sulfonamides is 1. The van der Waals surface area contributed by atoms with Crippen LogP contribution in [-0.4, -0.2) is 27.7 Å². The molecule has 2 aromatic rings. The van der Waals surface area contributed by atoms with Gasteiger partial charge in [0.1, 0.15) is 0 Å². The number of hydrogen-bond acceptors (Lipinski definition) is 4. The quantitative estimate of drug-likeness (QED) is 0.608. The molecular formula is C19H25N3O2S. The molecule has 0 amide bonds. The Morgan fingerprint density at radius 3 is 2.20 bits per heavy atom. The summed E-state index contributed by atoms with van der Waals surface area (Å²) in [5, 5.41) is 3.88. The number of hydrogen-bond donors (Lipinski definition) is 1. The number of nitrogens with zero attached hydrogens (tertiary/aromatic N) is 2. The fraction of sp³-hybridized carbons (Fsp3) is 0.316. The molecule has 25 heavy (non-hydrogen) atoms. The summed E-state index contributed by atoms with van der Waals surface area (Å²) >= 11 is 0. The third-order valence-corrected chi connectivity index (χ3v) is 5.42. The third-order valence-electron chi connectivity index (χ3n) is 4.20. The van der Waals surface area contributed by atoms with E-state index in [0.29, 0.717) is 0 Å². The van der Waals surface area contributed by atoms with Crippen molar-refractivity contribution in [3.63, 3.8) is 0 Å². The molecule has 0 bridgehead atoms.